The first-order chi connectivity index (χ1) is 11.0. The molecule has 0 spiro atoms. The number of carbonyl (C=O) groups is 1. The van der Waals surface area contributed by atoms with E-state index in [9.17, 15) is 4.79 Å². The van der Waals surface area contributed by atoms with E-state index >= 15 is 0 Å². The first-order valence-electron chi connectivity index (χ1n) is 7.59. The van der Waals surface area contributed by atoms with Crippen molar-refractivity contribution < 1.29 is 14.3 Å². The number of aryl methyl sites for hydroxylation is 2. The molecule has 1 aliphatic rings. The molecule has 0 atom stereocenters. The van der Waals surface area contributed by atoms with Crippen LogP contribution in [0.1, 0.15) is 32.9 Å². The van der Waals surface area contributed by atoms with Gasteiger partial charge in [0.05, 0.1) is 25.5 Å². The second kappa shape index (κ2) is 5.95. The van der Waals surface area contributed by atoms with Crippen molar-refractivity contribution in [2.24, 2.45) is 0 Å². The van der Waals surface area contributed by atoms with E-state index in [0.29, 0.717) is 24.4 Å². The van der Waals surface area contributed by atoms with E-state index in [0.717, 1.165) is 29.1 Å². The summed E-state index contributed by atoms with van der Waals surface area (Å²) < 4.78 is 10.7. The number of fused-ring (bicyclic) bond motifs is 1. The van der Waals surface area contributed by atoms with Crippen LogP contribution in [0.25, 0.3) is 0 Å². The highest BCUT2D eigenvalue weighted by molar-refractivity contribution is 5.96. The number of nitrogens with zero attached hydrogens (tertiary/aromatic N) is 2. The lowest BCUT2D eigenvalue weighted by atomic mass is 9.98. The Kier molecular flexibility index (Phi) is 3.98. The van der Waals surface area contributed by atoms with Crippen LogP contribution >= 0.6 is 0 Å². The van der Waals surface area contributed by atoms with Gasteiger partial charge in [-0.2, -0.15) is 5.10 Å². The Bertz CT molecular complexity index is 732. The van der Waals surface area contributed by atoms with Crippen molar-refractivity contribution in [2.45, 2.75) is 26.8 Å². The van der Waals surface area contributed by atoms with Crippen LogP contribution in [0.3, 0.4) is 0 Å². The van der Waals surface area contributed by atoms with E-state index < -0.39 is 0 Å². The molecule has 0 bridgehead atoms. The first kappa shape index (κ1) is 15.4. The maximum atomic E-state index is 12.8. The molecule has 23 heavy (non-hydrogen) atoms. The maximum Gasteiger partial charge on any atom is 0.257 e. The molecule has 1 aromatic heterocycles. The van der Waals surface area contributed by atoms with Gasteiger partial charge in [0, 0.05) is 18.8 Å². The summed E-state index contributed by atoms with van der Waals surface area (Å²) in [7, 11) is 3.25. The van der Waals surface area contributed by atoms with Crippen LogP contribution in [0.4, 0.5) is 0 Å². The molecular weight excluding hydrogens is 294 g/mol. The van der Waals surface area contributed by atoms with Crippen LogP contribution in [0.2, 0.25) is 0 Å². The third-order valence-corrected chi connectivity index (χ3v) is 4.35. The van der Waals surface area contributed by atoms with Gasteiger partial charge >= 0.3 is 0 Å². The standard InChI is InChI=1S/C17H21N3O3/c1-10-16(11(2)19-18-10)17(21)20-6-5-12-7-14(22-3)15(23-4)8-13(12)9-20/h7-8H,5-6,9H2,1-4H3,(H,18,19). The van der Waals surface area contributed by atoms with Gasteiger partial charge in [0.15, 0.2) is 11.5 Å². The molecule has 1 amide bonds. The molecular formula is C17H21N3O3. The first-order valence-corrected chi connectivity index (χ1v) is 7.59. The second-order valence-electron chi connectivity index (χ2n) is 5.76. The number of methoxy groups -OCH3 is 2. The number of aromatic nitrogens is 2. The lowest BCUT2D eigenvalue weighted by molar-refractivity contribution is 0.0733. The number of hydrogen-bond donors (Lipinski definition) is 1. The predicted octanol–water partition coefficient (Wildman–Crippen LogP) is 2.24. The summed E-state index contributed by atoms with van der Waals surface area (Å²) in [6.45, 7) is 4.98. The minimum atomic E-state index is 0.0224. The number of aromatic amines is 1. The van der Waals surface area contributed by atoms with Crippen LogP contribution in [0.5, 0.6) is 11.5 Å². The Morgan fingerprint density at radius 3 is 2.39 bits per heavy atom. The van der Waals surface area contributed by atoms with Crippen molar-refractivity contribution in [1.29, 1.82) is 0 Å². The molecule has 6 nitrogen and oxygen atoms in total. The molecule has 1 N–H and O–H groups in total. The van der Waals surface area contributed by atoms with Crippen molar-refractivity contribution in [2.75, 3.05) is 20.8 Å². The zero-order valence-electron chi connectivity index (χ0n) is 13.9. The van der Waals surface area contributed by atoms with Crippen molar-refractivity contribution in [3.63, 3.8) is 0 Å². The number of benzene rings is 1. The molecule has 0 aliphatic carbocycles. The van der Waals surface area contributed by atoms with Gasteiger partial charge < -0.3 is 14.4 Å². The summed E-state index contributed by atoms with van der Waals surface area (Å²) in [6.07, 6.45) is 0.803. The SMILES string of the molecule is COc1cc2c(cc1OC)CN(C(=O)c1c(C)n[nH]c1C)CC2. The van der Waals surface area contributed by atoms with Crippen LogP contribution in [-0.4, -0.2) is 41.8 Å². The van der Waals surface area contributed by atoms with Crippen LogP contribution in [-0.2, 0) is 13.0 Å². The second-order valence-corrected chi connectivity index (χ2v) is 5.76. The normalized spacial score (nSPS) is 13.7. The van der Waals surface area contributed by atoms with E-state index in [1.807, 2.05) is 30.9 Å². The Balaban J connectivity index is 1.89. The molecule has 2 aromatic rings. The van der Waals surface area contributed by atoms with Crippen molar-refractivity contribution >= 4 is 5.91 Å². The molecule has 1 aliphatic heterocycles. The highest BCUT2D eigenvalue weighted by Gasteiger charge is 2.26. The number of nitrogens with one attached hydrogen (secondary N) is 1. The quantitative estimate of drug-likeness (QED) is 0.943. The molecule has 0 fully saturated rings. The van der Waals surface area contributed by atoms with E-state index in [1.54, 1.807) is 14.2 Å². The van der Waals surface area contributed by atoms with Gasteiger partial charge in [0.1, 0.15) is 0 Å². The van der Waals surface area contributed by atoms with Gasteiger partial charge in [-0.15, -0.1) is 0 Å². The summed E-state index contributed by atoms with van der Waals surface area (Å²) in [5, 5.41) is 6.99. The molecule has 122 valence electrons. The van der Waals surface area contributed by atoms with Crippen molar-refractivity contribution in [3.05, 3.63) is 40.2 Å². The smallest absolute Gasteiger partial charge is 0.257 e. The summed E-state index contributed by atoms with van der Waals surface area (Å²) in [5.41, 5.74) is 4.53. The summed E-state index contributed by atoms with van der Waals surface area (Å²) >= 11 is 0. The number of H-pyrrole nitrogens is 1. The Labute approximate surface area is 135 Å². The lowest BCUT2D eigenvalue weighted by Crippen LogP contribution is -2.36. The van der Waals surface area contributed by atoms with E-state index in [1.165, 1.54) is 5.56 Å². The Hall–Kier alpha value is -2.50. The third-order valence-electron chi connectivity index (χ3n) is 4.35. The van der Waals surface area contributed by atoms with Crippen LogP contribution in [0.15, 0.2) is 12.1 Å². The fraction of sp³-hybridized carbons (Fsp3) is 0.412. The number of amides is 1. The Morgan fingerprint density at radius 1 is 1.17 bits per heavy atom. The minimum absolute atomic E-state index is 0.0224. The van der Waals surface area contributed by atoms with Crippen LogP contribution < -0.4 is 9.47 Å². The monoisotopic (exact) mass is 315 g/mol. The molecule has 0 unspecified atom stereocenters. The molecule has 0 saturated heterocycles. The topological polar surface area (TPSA) is 67.5 Å². The predicted molar refractivity (Wildman–Crippen MR) is 86.1 cm³/mol. The lowest BCUT2D eigenvalue weighted by Gasteiger charge is -2.29. The zero-order valence-corrected chi connectivity index (χ0v) is 13.9. The molecule has 6 heteroatoms. The molecule has 0 radical (unpaired) electrons. The average molecular weight is 315 g/mol. The maximum absolute atomic E-state index is 12.8. The third kappa shape index (κ3) is 2.65. The number of rotatable bonds is 3. The Morgan fingerprint density at radius 2 is 1.83 bits per heavy atom. The van der Waals surface area contributed by atoms with Gasteiger partial charge in [-0.25, -0.2) is 0 Å². The average Bonchev–Trinajstić information content (AvgIpc) is 2.90. The van der Waals surface area contributed by atoms with E-state index in [-0.39, 0.29) is 5.91 Å². The van der Waals surface area contributed by atoms with Gasteiger partial charge in [-0.3, -0.25) is 9.89 Å². The largest absolute Gasteiger partial charge is 0.493 e. The van der Waals surface area contributed by atoms with Gasteiger partial charge in [0.2, 0.25) is 0 Å². The van der Waals surface area contributed by atoms with E-state index in [2.05, 4.69) is 10.2 Å². The number of ether oxygens (including phenoxy) is 2. The molecule has 0 saturated carbocycles. The van der Waals surface area contributed by atoms with Crippen LogP contribution in [0, 0.1) is 13.8 Å². The molecule has 3 rings (SSSR count). The molecule has 1 aromatic carbocycles. The minimum Gasteiger partial charge on any atom is -0.493 e. The summed E-state index contributed by atoms with van der Waals surface area (Å²) in [6, 6.07) is 3.97. The molecule has 2 heterocycles. The highest BCUT2D eigenvalue weighted by atomic mass is 16.5. The zero-order chi connectivity index (χ0) is 16.6. The summed E-state index contributed by atoms with van der Waals surface area (Å²) in [5.74, 6) is 1.44. The van der Waals surface area contributed by atoms with Crippen molar-refractivity contribution in [1.82, 2.24) is 15.1 Å². The fourth-order valence-electron chi connectivity index (χ4n) is 3.08. The van der Waals surface area contributed by atoms with Crippen molar-refractivity contribution in [3.8, 4) is 11.5 Å². The van der Waals surface area contributed by atoms with E-state index in [4.69, 9.17) is 9.47 Å². The summed E-state index contributed by atoms with van der Waals surface area (Å²) in [4.78, 5) is 14.7. The fourth-order valence-corrected chi connectivity index (χ4v) is 3.08. The van der Waals surface area contributed by atoms with Gasteiger partial charge in [0.25, 0.3) is 5.91 Å². The van der Waals surface area contributed by atoms with Gasteiger partial charge in [-0.1, -0.05) is 0 Å². The number of hydrogen-bond acceptors (Lipinski definition) is 4. The highest BCUT2D eigenvalue weighted by Crippen LogP contribution is 2.33. The number of carbonyl (C=O) groups excluding carboxylic acids is 1. The van der Waals surface area contributed by atoms with Gasteiger partial charge in [-0.05, 0) is 43.5 Å².